The van der Waals surface area contributed by atoms with Crippen LogP contribution < -0.4 is 4.74 Å². The van der Waals surface area contributed by atoms with Crippen LogP contribution in [0.5, 0.6) is 5.75 Å². The lowest BCUT2D eigenvalue weighted by molar-refractivity contribution is 0.0601. The summed E-state index contributed by atoms with van der Waals surface area (Å²) in [4.78, 5) is 12.0. The predicted octanol–water partition coefficient (Wildman–Crippen LogP) is 3.46. The Labute approximate surface area is 112 Å². The molecule has 0 fully saturated rings. The molecule has 19 heavy (non-hydrogen) atoms. The van der Waals surface area contributed by atoms with Crippen LogP contribution in [0.4, 0.5) is 0 Å². The zero-order valence-corrected chi connectivity index (χ0v) is 11.3. The van der Waals surface area contributed by atoms with Crippen molar-refractivity contribution in [1.29, 1.82) is 0 Å². The topological polar surface area (TPSA) is 35.5 Å². The zero-order valence-electron chi connectivity index (χ0n) is 11.3. The first-order valence-corrected chi connectivity index (χ1v) is 6.00. The van der Waals surface area contributed by atoms with Crippen LogP contribution in [0.1, 0.15) is 15.9 Å². The van der Waals surface area contributed by atoms with Crippen LogP contribution in [0.25, 0.3) is 11.1 Å². The van der Waals surface area contributed by atoms with Crippen LogP contribution in [0.3, 0.4) is 0 Å². The Morgan fingerprint density at radius 3 is 2.32 bits per heavy atom. The van der Waals surface area contributed by atoms with Crippen LogP contribution in [-0.4, -0.2) is 20.2 Å². The van der Waals surface area contributed by atoms with Gasteiger partial charge >= 0.3 is 5.97 Å². The van der Waals surface area contributed by atoms with E-state index in [0.29, 0.717) is 5.56 Å². The van der Waals surface area contributed by atoms with Crippen molar-refractivity contribution in [1.82, 2.24) is 0 Å². The summed E-state index contributed by atoms with van der Waals surface area (Å²) >= 11 is 0. The third kappa shape index (κ3) is 2.45. The van der Waals surface area contributed by atoms with Gasteiger partial charge in [0.25, 0.3) is 0 Å². The van der Waals surface area contributed by atoms with Gasteiger partial charge in [-0.1, -0.05) is 36.4 Å². The molecule has 0 aliphatic rings. The second-order valence-corrected chi connectivity index (χ2v) is 4.19. The summed E-state index contributed by atoms with van der Waals surface area (Å²) in [6.45, 7) is 1.89. The maximum absolute atomic E-state index is 12.0. The Balaban J connectivity index is 2.69. The van der Waals surface area contributed by atoms with Crippen LogP contribution in [0.15, 0.2) is 42.5 Å². The minimum atomic E-state index is -0.334. The summed E-state index contributed by atoms with van der Waals surface area (Å²) in [7, 11) is 3.01. The molecule has 0 amide bonds. The van der Waals surface area contributed by atoms with Gasteiger partial charge in [-0.15, -0.1) is 0 Å². The van der Waals surface area contributed by atoms with E-state index in [4.69, 9.17) is 9.47 Å². The van der Waals surface area contributed by atoms with Crippen LogP contribution in [0, 0.1) is 6.92 Å². The van der Waals surface area contributed by atoms with Crippen molar-refractivity contribution in [2.45, 2.75) is 6.92 Å². The Bertz CT molecular complexity index is 603. The van der Waals surface area contributed by atoms with Crippen molar-refractivity contribution in [3.05, 3.63) is 53.6 Å². The van der Waals surface area contributed by atoms with E-state index in [2.05, 4.69) is 0 Å². The molecule has 0 aromatic heterocycles. The van der Waals surface area contributed by atoms with E-state index in [9.17, 15) is 4.79 Å². The molecule has 3 heteroatoms. The molecule has 2 aromatic rings. The molecular weight excluding hydrogens is 240 g/mol. The van der Waals surface area contributed by atoms with E-state index in [1.54, 1.807) is 7.11 Å². The molecule has 0 saturated carbocycles. The average molecular weight is 256 g/mol. The first-order chi connectivity index (χ1) is 9.19. The number of aryl methyl sites for hydroxylation is 1. The van der Waals surface area contributed by atoms with Gasteiger partial charge in [-0.05, 0) is 18.6 Å². The maximum atomic E-state index is 12.0. The van der Waals surface area contributed by atoms with Crippen molar-refractivity contribution in [2.24, 2.45) is 0 Å². The number of benzene rings is 2. The molecule has 3 nitrogen and oxygen atoms in total. The fraction of sp³-hybridized carbons (Fsp3) is 0.188. The number of rotatable bonds is 3. The summed E-state index contributed by atoms with van der Waals surface area (Å²) in [5.41, 5.74) is 3.17. The average Bonchev–Trinajstić information content (AvgIpc) is 2.46. The Morgan fingerprint density at radius 1 is 0.947 bits per heavy atom. The molecule has 0 radical (unpaired) electrons. The number of hydrogen-bond acceptors (Lipinski definition) is 3. The van der Waals surface area contributed by atoms with Crippen LogP contribution >= 0.6 is 0 Å². The SMILES string of the molecule is COC(=O)c1c(C)cccc1-c1ccccc1OC. The fourth-order valence-electron chi connectivity index (χ4n) is 2.13. The summed E-state index contributed by atoms with van der Waals surface area (Å²) in [6.07, 6.45) is 0. The standard InChI is InChI=1S/C16H16O3/c1-11-7-6-9-13(15(11)16(17)19-3)12-8-4-5-10-14(12)18-2/h4-10H,1-3H3. The smallest absolute Gasteiger partial charge is 0.338 e. The predicted molar refractivity (Wildman–Crippen MR) is 74.5 cm³/mol. The molecule has 0 saturated heterocycles. The normalized spacial score (nSPS) is 10.1. The highest BCUT2D eigenvalue weighted by Gasteiger charge is 2.17. The monoisotopic (exact) mass is 256 g/mol. The van der Waals surface area contributed by atoms with E-state index in [1.807, 2.05) is 49.4 Å². The van der Waals surface area contributed by atoms with E-state index in [1.165, 1.54) is 7.11 Å². The largest absolute Gasteiger partial charge is 0.496 e. The quantitative estimate of drug-likeness (QED) is 0.789. The number of ether oxygens (including phenoxy) is 2. The van der Waals surface area contributed by atoms with Crippen molar-refractivity contribution in [3.8, 4) is 16.9 Å². The lowest BCUT2D eigenvalue weighted by Gasteiger charge is -2.13. The molecule has 0 aliphatic carbocycles. The third-order valence-corrected chi connectivity index (χ3v) is 3.06. The number of methoxy groups -OCH3 is 2. The molecule has 0 spiro atoms. The maximum Gasteiger partial charge on any atom is 0.338 e. The highest BCUT2D eigenvalue weighted by Crippen LogP contribution is 2.33. The van der Waals surface area contributed by atoms with Crippen molar-refractivity contribution in [3.63, 3.8) is 0 Å². The third-order valence-electron chi connectivity index (χ3n) is 3.06. The second kappa shape index (κ2) is 5.57. The van der Waals surface area contributed by atoms with E-state index >= 15 is 0 Å². The second-order valence-electron chi connectivity index (χ2n) is 4.19. The molecule has 98 valence electrons. The van der Waals surface area contributed by atoms with Crippen molar-refractivity contribution in [2.75, 3.05) is 14.2 Å². The summed E-state index contributed by atoms with van der Waals surface area (Å²) in [5.74, 6) is 0.400. The Morgan fingerprint density at radius 2 is 1.63 bits per heavy atom. The minimum absolute atomic E-state index is 0.334. The number of hydrogen-bond donors (Lipinski definition) is 0. The number of esters is 1. The lowest BCUT2D eigenvalue weighted by atomic mass is 9.95. The van der Waals surface area contributed by atoms with Crippen molar-refractivity contribution >= 4 is 5.97 Å². The van der Waals surface area contributed by atoms with Crippen LogP contribution in [0.2, 0.25) is 0 Å². The molecule has 2 aromatic carbocycles. The molecule has 2 rings (SSSR count). The lowest BCUT2D eigenvalue weighted by Crippen LogP contribution is -2.06. The van der Waals surface area contributed by atoms with E-state index in [-0.39, 0.29) is 5.97 Å². The molecular formula is C16H16O3. The molecule has 0 aliphatic heterocycles. The van der Waals surface area contributed by atoms with Crippen molar-refractivity contribution < 1.29 is 14.3 Å². The Kier molecular flexibility index (Phi) is 3.85. The zero-order chi connectivity index (χ0) is 13.8. The first-order valence-electron chi connectivity index (χ1n) is 6.00. The molecule has 0 bridgehead atoms. The minimum Gasteiger partial charge on any atom is -0.496 e. The van der Waals surface area contributed by atoms with Gasteiger partial charge in [-0.3, -0.25) is 0 Å². The molecule has 0 unspecified atom stereocenters. The molecule has 0 heterocycles. The van der Waals surface area contributed by atoms with E-state index in [0.717, 1.165) is 22.4 Å². The Hall–Kier alpha value is -2.29. The van der Waals surface area contributed by atoms with Gasteiger partial charge in [0.15, 0.2) is 0 Å². The van der Waals surface area contributed by atoms with Gasteiger partial charge in [0.2, 0.25) is 0 Å². The highest BCUT2D eigenvalue weighted by molar-refractivity contribution is 5.99. The fourth-order valence-corrected chi connectivity index (χ4v) is 2.13. The number of carbonyl (C=O) groups is 1. The summed E-state index contributed by atoms with van der Waals surface area (Å²) < 4.78 is 10.2. The highest BCUT2D eigenvalue weighted by atomic mass is 16.5. The number of para-hydroxylation sites is 1. The van der Waals surface area contributed by atoms with Gasteiger partial charge in [0.1, 0.15) is 5.75 Å². The van der Waals surface area contributed by atoms with Gasteiger partial charge in [-0.25, -0.2) is 4.79 Å². The van der Waals surface area contributed by atoms with Gasteiger partial charge < -0.3 is 9.47 Å². The van der Waals surface area contributed by atoms with Crippen LogP contribution in [-0.2, 0) is 4.74 Å². The molecule has 0 atom stereocenters. The molecule has 0 N–H and O–H groups in total. The number of carbonyl (C=O) groups excluding carboxylic acids is 1. The van der Waals surface area contributed by atoms with Gasteiger partial charge in [-0.2, -0.15) is 0 Å². The summed E-state index contributed by atoms with van der Waals surface area (Å²) in [6, 6.07) is 13.3. The first kappa shape index (κ1) is 13.1. The van der Waals surface area contributed by atoms with Gasteiger partial charge in [0, 0.05) is 11.1 Å². The summed E-state index contributed by atoms with van der Waals surface area (Å²) in [5, 5.41) is 0. The van der Waals surface area contributed by atoms with E-state index < -0.39 is 0 Å². The van der Waals surface area contributed by atoms with Gasteiger partial charge in [0.05, 0.1) is 19.8 Å².